The average molecular weight is 222 g/mol. The van der Waals surface area contributed by atoms with Gasteiger partial charge in [0.05, 0.1) is 0 Å². The molecule has 0 heterocycles. The molecule has 0 aromatic heterocycles. The lowest BCUT2D eigenvalue weighted by atomic mass is 9.86. The van der Waals surface area contributed by atoms with E-state index in [9.17, 15) is 8.42 Å². The van der Waals surface area contributed by atoms with E-state index >= 15 is 0 Å². The standard InChI is InChI=1S/C9H22N2O2S/c1-7(2)9(8(3)4)6-11-14(12,13)10-5/h7-11H,6H2,1-5H3. The van der Waals surface area contributed by atoms with Crippen molar-refractivity contribution in [1.29, 1.82) is 0 Å². The third-order valence-electron chi connectivity index (χ3n) is 2.49. The summed E-state index contributed by atoms with van der Waals surface area (Å²) in [5, 5.41) is 0. The van der Waals surface area contributed by atoms with E-state index in [2.05, 4.69) is 37.1 Å². The predicted molar refractivity (Wildman–Crippen MR) is 59.1 cm³/mol. The second kappa shape index (κ2) is 5.68. The van der Waals surface area contributed by atoms with Gasteiger partial charge in [0.25, 0.3) is 10.2 Å². The van der Waals surface area contributed by atoms with Crippen LogP contribution >= 0.6 is 0 Å². The van der Waals surface area contributed by atoms with Gasteiger partial charge in [0.2, 0.25) is 0 Å². The molecule has 0 radical (unpaired) electrons. The molecule has 2 N–H and O–H groups in total. The Balaban J connectivity index is 4.21. The summed E-state index contributed by atoms with van der Waals surface area (Å²) in [6.07, 6.45) is 0. The number of hydrogen-bond acceptors (Lipinski definition) is 2. The second-order valence-electron chi connectivity index (χ2n) is 4.21. The van der Waals surface area contributed by atoms with Gasteiger partial charge in [0.1, 0.15) is 0 Å². The maximum absolute atomic E-state index is 11.1. The highest BCUT2D eigenvalue weighted by Crippen LogP contribution is 2.19. The van der Waals surface area contributed by atoms with Gasteiger partial charge < -0.3 is 0 Å². The van der Waals surface area contributed by atoms with Gasteiger partial charge in [0, 0.05) is 13.6 Å². The summed E-state index contributed by atoms with van der Waals surface area (Å²) >= 11 is 0. The van der Waals surface area contributed by atoms with Crippen molar-refractivity contribution < 1.29 is 8.42 Å². The molecule has 0 spiro atoms. The van der Waals surface area contributed by atoms with E-state index < -0.39 is 10.2 Å². The quantitative estimate of drug-likeness (QED) is 0.703. The monoisotopic (exact) mass is 222 g/mol. The van der Waals surface area contributed by atoms with E-state index in [-0.39, 0.29) is 0 Å². The molecule has 0 amide bonds. The summed E-state index contributed by atoms with van der Waals surface area (Å²) < 4.78 is 27.0. The van der Waals surface area contributed by atoms with Crippen LogP contribution in [0.4, 0.5) is 0 Å². The highest BCUT2D eigenvalue weighted by Gasteiger charge is 2.19. The SMILES string of the molecule is CNS(=O)(=O)NCC(C(C)C)C(C)C. The molecular formula is C9H22N2O2S. The molecule has 4 nitrogen and oxygen atoms in total. The molecule has 86 valence electrons. The maximum atomic E-state index is 11.1. The molecule has 0 aromatic rings. The van der Waals surface area contributed by atoms with Crippen LogP contribution in [0.2, 0.25) is 0 Å². The molecule has 0 rings (SSSR count). The summed E-state index contributed by atoms with van der Waals surface area (Å²) in [5.74, 6) is 1.34. The summed E-state index contributed by atoms with van der Waals surface area (Å²) in [7, 11) is -1.88. The van der Waals surface area contributed by atoms with Gasteiger partial charge in [-0.25, -0.2) is 9.44 Å². The number of rotatable bonds is 6. The largest absolute Gasteiger partial charge is 0.276 e. The minimum atomic E-state index is -3.28. The van der Waals surface area contributed by atoms with Gasteiger partial charge in [0.15, 0.2) is 0 Å². The third kappa shape index (κ3) is 4.93. The first kappa shape index (κ1) is 13.9. The number of nitrogens with one attached hydrogen (secondary N) is 2. The van der Waals surface area contributed by atoms with Crippen molar-refractivity contribution in [3.05, 3.63) is 0 Å². The van der Waals surface area contributed by atoms with E-state index in [1.807, 2.05) is 0 Å². The Morgan fingerprint density at radius 2 is 1.50 bits per heavy atom. The van der Waals surface area contributed by atoms with Gasteiger partial charge >= 0.3 is 0 Å². The van der Waals surface area contributed by atoms with Crippen LogP contribution in [0.3, 0.4) is 0 Å². The zero-order valence-electron chi connectivity index (χ0n) is 9.66. The zero-order valence-corrected chi connectivity index (χ0v) is 10.5. The van der Waals surface area contributed by atoms with Crippen LogP contribution < -0.4 is 9.44 Å². The molecule has 0 saturated heterocycles. The molecule has 0 aliphatic carbocycles. The van der Waals surface area contributed by atoms with E-state index in [4.69, 9.17) is 0 Å². The van der Waals surface area contributed by atoms with Gasteiger partial charge in [-0.3, -0.25) is 0 Å². The highest BCUT2D eigenvalue weighted by molar-refractivity contribution is 7.87. The summed E-state index contributed by atoms with van der Waals surface area (Å²) in [4.78, 5) is 0. The fraction of sp³-hybridized carbons (Fsp3) is 1.00. The van der Waals surface area contributed by atoms with E-state index in [1.54, 1.807) is 0 Å². The fourth-order valence-corrected chi connectivity index (χ4v) is 2.08. The fourth-order valence-electron chi connectivity index (χ4n) is 1.52. The van der Waals surface area contributed by atoms with Crippen molar-refractivity contribution in [2.75, 3.05) is 13.6 Å². The van der Waals surface area contributed by atoms with Gasteiger partial charge in [-0.05, 0) is 17.8 Å². The Bertz CT molecular complexity index is 240. The molecule has 0 aliphatic heterocycles. The summed E-state index contributed by atoms with van der Waals surface area (Å²) in [5.41, 5.74) is 0. The van der Waals surface area contributed by atoms with Crippen molar-refractivity contribution in [3.63, 3.8) is 0 Å². The summed E-state index contributed by atoms with van der Waals surface area (Å²) in [6.45, 7) is 8.94. The Kier molecular flexibility index (Phi) is 5.63. The summed E-state index contributed by atoms with van der Waals surface area (Å²) in [6, 6.07) is 0. The molecule has 0 unspecified atom stereocenters. The van der Waals surface area contributed by atoms with Gasteiger partial charge in [-0.1, -0.05) is 27.7 Å². The first-order chi connectivity index (χ1) is 6.30. The molecule has 5 heteroatoms. The lowest BCUT2D eigenvalue weighted by Gasteiger charge is -2.24. The highest BCUT2D eigenvalue weighted by atomic mass is 32.2. The van der Waals surface area contributed by atoms with Crippen LogP contribution in [0.1, 0.15) is 27.7 Å². The van der Waals surface area contributed by atoms with E-state index in [0.29, 0.717) is 24.3 Å². The van der Waals surface area contributed by atoms with Crippen LogP contribution in [-0.4, -0.2) is 22.0 Å². The minimum Gasteiger partial charge on any atom is -0.205 e. The molecular weight excluding hydrogens is 200 g/mol. The van der Waals surface area contributed by atoms with Gasteiger partial charge in [-0.2, -0.15) is 8.42 Å². The lowest BCUT2D eigenvalue weighted by molar-refractivity contribution is 0.289. The molecule has 14 heavy (non-hydrogen) atoms. The average Bonchev–Trinajstić information content (AvgIpc) is 2.03. The Hall–Kier alpha value is -0.130. The molecule has 0 atom stereocenters. The van der Waals surface area contributed by atoms with Gasteiger partial charge in [-0.15, -0.1) is 0 Å². The Morgan fingerprint density at radius 1 is 1.07 bits per heavy atom. The van der Waals surface area contributed by atoms with E-state index in [1.165, 1.54) is 7.05 Å². The number of hydrogen-bond donors (Lipinski definition) is 2. The van der Waals surface area contributed by atoms with Crippen molar-refractivity contribution in [3.8, 4) is 0 Å². The molecule has 0 saturated carbocycles. The van der Waals surface area contributed by atoms with Crippen LogP contribution in [0.15, 0.2) is 0 Å². The second-order valence-corrected chi connectivity index (χ2v) is 5.91. The predicted octanol–water partition coefficient (Wildman–Crippen LogP) is 0.968. The minimum absolute atomic E-state index is 0.373. The Labute approximate surface area is 87.7 Å². The third-order valence-corrected chi connectivity index (χ3v) is 3.57. The first-order valence-electron chi connectivity index (χ1n) is 4.98. The lowest BCUT2D eigenvalue weighted by Crippen LogP contribution is -2.39. The Morgan fingerprint density at radius 3 is 1.79 bits per heavy atom. The molecule has 0 bridgehead atoms. The van der Waals surface area contributed by atoms with Crippen molar-refractivity contribution >= 4 is 10.2 Å². The normalized spacial score (nSPS) is 13.1. The van der Waals surface area contributed by atoms with Crippen LogP contribution in [-0.2, 0) is 10.2 Å². The van der Waals surface area contributed by atoms with Crippen LogP contribution in [0.5, 0.6) is 0 Å². The van der Waals surface area contributed by atoms with Crippen molar-refractivity contribution in [2.45, 2.75) is 27.7 Å². The molecule has 0 aromatic carbocycles. The topological polar surface area (TPSA) is 58.2 Å². The molecule has 0 aliphatic rings. The van der Waals surface area contributed by atoms with E-state index in [0.717, 1.165) is 0 Å². The maximum Gasteiger partial charge on any atom is 0.276 e. The smallest absolute Gasteiger partial charge is 0.205 e. The first-order valence-corrected chi connectivity index (χ1v) is 6.46. The molecule has 0 fully saturated rings. The van der Waals surface area contributed by atoms with Crippen LogP contribution in [0.25, 0.3) is 0 Å². The van der Waals surface area contributed by atoms with Crippen LogP contribution in [0, 0.1) is 17.8 Å². The van der Waals surface area contributed by atoms with Crippen molar-refractivity contribution in [1.82, 2.24) is 9.44 Å². The zero-order chi connectivity index (χ0) is 11.4. The van der Waals surface area contributed by atoms with Crippen molar-refractivity contribution in [2.24, 2.45) is 17.8 Å².